The molecule has 2 aromatic carbocycles. The zero-order valence-corrected chi connectivity index (χ0v) is 20.9. The summed E-state index contributed by atoms with van der Waals surface area (Å²) < 4.78 is 6.49. The van der Waals surface area contributed by atoms with Gasteiger partial charge in [0.2, 0.25) is 0 Å². The summed E-state index contributed by atoms with van der Waals surface area (Å²) in [4.78, 5) is 23.7. The molecule has 31 heavy (non-hydrogen) atoms. The number of anilines is 1. The Hall–Kier alpha value is -1.80. The zero-order chi connectivity index (χ0) is 21.5. The third-order valence-corrected chi connectivity index (χ3v) is 7.02. The fourth-order valence-electron chi connectivity index (χ4n) is 3.33. The first-order chi connectivity index (χ1) is 14.6. The van der Waals surface area contributed by atoms with Crippen molar-refractivity contribution in [3.63, 3.8) is 0 Å². The second-order valence-corrected chi connectivity index (χ2v) is 9.03. The molecular formula is C23H30ClN3O2S2. The molecule has 0 spiro atoms. The van der Waals surface area contributed by atoms with Gasteiger partial charge in [-0.2, -0.15) is 0 Å². The molecule has 0 aliphatic carbocycles. The van der Waals surface area contributed by atoms with E-state index in [2.05, 4.69) is 25.7 Å². The van der Waals surface area contributed by atoms with E-state index in [-0.39, 0.29) is 18.3 Å². The van der Waals surface area contributed by atoms with E-state index in [1.807, 2.05) is 47.4 Å². The standard InChI is InChI=1S/C23H29N3O2S2.ClH/c1-5-25(6-2)15-16-26(22(27)17-11-8-9-13-19(17)29-7-3)23-24-21-18(28-4)12-10-14-20(21)30-23;/h8-14H,5-7,15-16H2,1-4H3;1H. The number of amides is 1. The maximum atomic E-state index is 13.7. The second-order valence-electron chi connectivity index (χ2n) is 6.72. The van der Waals surface area contributed by atoms with Gasteiger partial charge in [-0.1, -0.05) is 50.3 Å². The second kappa shape index (κ2) is 12.3. The van der Waals surface area contributed by atoms with Gasteiger partial charge in [0.05, 0.1) is 17.4 Å². The number of halogens is 1. The summed E-state index contributed by atoms with van der Waals surface area (Å²) in [5.41, 5.74) is 1.53. The smallest absolute Gasteiger partial charge is 0.261 e. The number of benzene rings is 2. The average Bonchev–Trinajstić information content (AvgIpc) is 3.21. The van der Waals surface area contributed by atoms with Crippen LogP contribution in [0, 0.1) is 0 Å². The summed E-state index contributed by atoms with van der Waals surface area (Å²) in [6.45, 7) is 9.69. The van der Waals surface area contributed by atoms with Crippen molar-refractivity contribution >= 4 is 56.8 Å². The van der Waals surface area contributed by atoms with Crippen LogP contribution in [0.1, 0.15) is 31.1 Å². The highest BCUT2D eigenvalue weighted by molar-refractivity contribution is 7.99. The Balaban J connectivity index is 0.00000341. The molecular weight excluding hydrogens is 450 g/mol. The lowest BCUT2D eigenvalue weighted by Gasteiger charge is -2.25. The summed E-state index contributed by atoms with van der Waals surface area (Å²) in [7, 11) is 1.65. The molecule has 0 saturated carbocycles. The van der Waals surface area contributed by atoms with Crippen LogP contribution in [0.2, 0.25) is 0 Å². The summed E-state index contributed by atoms with van der Waals surface area (Å²) in [6, 6.07) is 13.7. The molecule has 168 valence electrons. The minimum atomic E-state index is -0.00303. The largest absolute Gasteiger partial charge is 0.494 e. The van der Waals surface area contributed by atoms with Crippen LogP contribution in [-0.4, -0.2) is 54.8 Å². The van der Waals surface area contributed by atoms with Crippen molar-refractivity contribution in [1.82, 2.24) is 9.88 Å². The molecule has 0 unspecified atom stereocenters. The van der Waals surface area contributed by atoms with Crippen molar-refractivity contribution in [3.8, 4) is 5.75 Å². The number of hydrogen-bond donors (Lipinski definition) is 0. The van der Waals surface area contributed by atoms with Gasteiger partial charge in [0, 0.05) is 18.0 Å². The third-order valence-electron chi connectivity index (χ3n) is 5.02. The van der Waals surface area contributed by atoms with Crippen molar-refractivity contribution < 1.29 is 9.53 Å². The number of fused-ring (bicyclic) bond motifs is 1. The molecule has 0 N–H and O–H groups in total. The minimum absolute atomic E-state index is 0. The molecule has 0 aliphatic heterocycles. The fourth-order valence-corrected chi connectivity index (χ4v) is 5.13. The van der Waals surface area contributed by atoms with Gasteiger partial charge in [-0.05, 0) is 43.1 Å². The van der Waals surface area contributed by atoms with Gasteiger partial charge in [-0.3, -0.25) is 9.69 Å². The lowest BCUT2D eigenvalue weighted by atomic mass is 10.2. The Kier molecular flexibility index (Phi) is 10.1. The van der Waals surface area contributed by atoms with E-state index in [0.717, 1.165) is 51.8 Å². The third kappa shape index (κ3) is 5.92. The number of carbonyl (C=O) groups excluding carboxylic acids is 1. The van der Waals surface area contributed by atoms with Crippen LogP contribution in [0.4, 0.5) is 5.13 Å². The number of carbonyl (C=O) groups is 1. The molecule has 3 rings (SSSR count). The van der Waals surface area contributed by atoms with E-state index in [1.165, 1.54) is 11.3 Å². The highest BCUT2D eigenvalue weighted by Crippen LogP contribution is 2.35. The first-order valence-corrected chi connectivity index (χ1v) is 12.1. The normalized spacial score (nSPS) is 10.9. The van der Waals surface area contributed by atoms with Crippen molar-refractivity contribution in [2.75, 3.05) is 43.9 Å². The molecule has 1 aromatic heterocycles. The molecule has 0 fully saturated rings. The molecule has 0 saturated heterocycles. The van der Waals surface area contributed by atoms with E-state index in [0.29, 0.717) is 11.7 Å². The van der Waals surface area contributed by atoms with Gasteiger partial charge in [0.15, 0.2) is 5.13 Å². The number of aromatic nitrogens is 1. The monoisotopic (exact) mass is 479 g/mol. The van der Waals surface area contributed by atoms with Crippen LogP contribution in [0.15, 0.2) is 47.4 Å². The molecule has 5 nitrogen and oxygen atoms in total. The highest BCUT2D eigenvalue weighted by Gasteiger charge is 2.24. The topological polar surface area (TPSA) is 45.7 Å². The first-order valence-electron chi connectivity index (χ1n) is 10.3. The number of nitrogens with zero attached hydrogens (tertiary/aromatic N) is 3. The van der Waals surface area contributed by atoms with Crippen molar-refractivity contribution in [3.05, 3.63) is 48.0 Å². The predicted octanol–water partition coefficient (Wildman–Crippen LogP) is 5.83. The van der Waals surface area contributed by atoms with Gasteiger partial charge in [0.1, 0.15) is 11.3 Å². The number of hydrogen-bond acceptors (Lipinski definition) is 6. The zero-order valence-electron chi connectivity index (χ0n) is 18.5. The Bertz CT molecular complexity index is 992. The number of likely N-dealkylation sites (N-methyl/N-ethyl adjacent to an activating group) is 1. The lowest BCUT2D eigenvalue weighted by Crippen LogP contribution is -2.39. The molecule has 1 heterocycles. The van der Waals surface area contributed by atoms with E-state index in [1.54, 1.807) is 18.9 Å². The van der Waals surface area contributed by atoms with Gasteiger partial charge >= 0.3 is 0 Å². The van der Waals surface area contributed by atoms with Crippen LogP contribution in [0.5, 0.6) is 5.75 Å². The Morgan fingerprint density at radius 3 is 2.48 bits per heavy atom. The maximum Gasteiger partial charge on any atom is 0.261 e. The lowest BCUT2D eigenvalue weighted by molar-refractivity contribution is 0.0981. The van der Waals surface area contributed by atoms with E-state index < -0.39 is 0 Å². The summed E-state index contributed by atoms with van der Waals surface area (Å²) in [6.07, 6.45) is 0. The van der Waals surface area contributed by atoms with Gasteiger partial charge in [-0.15, -0.1) is 24.2 Å². The highest BCUT2D eigenvalue weighted by atomic mass is 35.5. The molecule has 1 amide bonds. The maximum absolute atomic E-state index is 13.7. The van der Waals surface area contributed by atoms with Crippen LogP contribution in [0.25, 0.3) is 10.2 Å². The Labute approximate surface area is 199 Å². The Morgan fingerprint density at radius 2 is 1.81 bits per heavy atom. The number of thiazole rings is 1. The van der Waals surface area contributed by atoms with Gasteiger partial charge in [0.25, 0.3) is 5.91 Å². The van der Waals surface area contributed by atoms with Crippen molar-refractivity contribution in [2.45, 2.75) is 25.7 Å². The van der Waals surface area contributed by atoms with Crippen LogP contribution < -0.4 is 9.64 Å². The summed E-state index contributed by atoms with van der Waals surface area (Å²) in [5, 5.41) is 0.711. The van der Waals surface area contributed by atoms with Crippen molar-refractivity contribution in [2.24, 2.45) is 0 Å². The SMILES string of the molecule is CCSc1ccccc1C(=O)N(CCN(CC)CC)c1nc2c(OC)cccc2s1.Cl. The van der Waals surface area contributed by atoms with E-state index >= 15 is 0 Å². The number of ether oxygens (including phenoxy) is 1. The predicted molar refractivity (Wildman–Crippen MR) is 136 cm³/mol. The molecule has 8 heteroatoms. The van der Waals surface area contributed by atoms with Crippen LogP contribution in [0.3, 0.4) is 0 Å². The van der Waals surface area contributed by atoms with Crippen LogP contribution in [-0.2, 0) is 0 Å². The molecule has 3 aromatic rings. The average molecular weight is 480 g/mol. The Morgan fingerprint density at radius 1 is 1.06 bits per heavy atom. The van der Waals surface area contributed by atoms with Crippen LogP contribution >= 0.6 is 35.5 Å². The molecule has 0 bridgehead atoms. The molecule has 0 atom stereocenters. The number of methoxy groups -OCH3 is 1. The molecule has 0 aliphatic rings. The van der Waals surface area contributed by atoms with E-state index in [9.17, 15) is 4.79 Å². The van der Waals surface area contributed by atoms with E-state index in [4.69, 9.17) is 9.72 Å². The summed E-state index contributed by atoms with van der Waals surface area (Å²) in [5.74, 6) is 1.65. The minimum Gasteiger partial charge on any atom is -0.494 e. The molecule has 0 radical (unpaired) electrons. The summed E-state index contributed by atoms with van der Waals surface area (Å²) >= 11 is 3.23. The van der Waals surface area contributed by atoms with Gasteiger partial charge < -0.3 is 9.64 Å². The fraction of sp³-hybridized carbons (Fsp3) is 0.391. The number of rotatable bonds is 10. The quantitative estimate of drug-likeness (QED) is 0.342. The van der Waals surface area contributed by atoms with Gasteiger partial charge in [-0.25, -0.2) is 4.98 Å². The van der Waals surface area contributed by atoms with Crippen molar-refractivity contribution in [1.29, 1.82) is 0 Å². The number of para-hydroxylation sites is 1. The number of thioether (sulfide) groups is 1. The first kappa shape index (κ1) is 25.5.